The molecule has 13 heavy (non-hydrogen) atoms. The van der Waals surface area contributed by atoms with E-state index in [-0.39, 0.29) is 0 Å². The first kappa shape index (κ1) is 12.9. The van der Waals surface area contributed by atoms with Crippen LogP contribution in [0, 0.1) is 0 Å². The third-order valence-electron chi connectivity index (χ3n) is 1.97. The fourth-order valence-corrected chi connectivity index (χ4v) is 1.13. The van der Waals surface area contributed by atoms with E-state index in [1.54, 1.807) is 0 Å². The zero-order valence-corrected chi connectivity index (χ0v) is 9.55. The van der Waals surface area contributed by atoms with E-state index < -0.39 is 0 Å². The number of hydrogen-bond donors (Lipinski definition) is 0. The van der Waals surface area contributed by atoms with Gasteiger partial charge < -0.3 is 14.5 Å². The Morgan fingerprint density at radius 3 is 2.23 bits per heavy atom. The molecule has 0 radical (unpaired) electrons. The minimum absolute atomic E-state index is 0.825. The molecule has 0 saturated carbocycles. The standard InChI is InChI=1S/C10H24N2O/c1-5-13-10-9-12(4)8-6-7-11(2)3/h5-10H2,1-4H3. The van der Waals surface area contributed by atoms with Gasteiger partial charge in [-0.15, -0.1) is 0 Å². The van der Waals surface area contributed by atoms with Crippen molar-refractivity contribution in [3.8, 4) is 0 Å². The van der Waals surface area contributed by atoms with E-state index in [2.05, 4.69) is 30.9 Å². The van der Waals surface area contributed by atoms with Gasteiger partial charge in [0.2, 0.25) is 0 Å². The molecule has 0 atom stereocenters. The second-order valence-electron chi connectivity index (χ2n) is 3.66. The lowest BCUT2D eigenvalue weighted by atomic mass is 10.4. The minimum atomic E-state index is 0.825. The van der Waals surface area contributed by atoms with Crippen LogP contribution in [0.3, 0.4) is 0 Å². The zero-order valence-electron chi connectivity index (χ0n) is 9.55. The van der Waals surface area contributed by atoms with Crippen LogP contribution in [-0.4, -0.2) is 63.8 Å². The smallest absolute Gasteiger partial charge is 0.0593 e. The van der Waals surface area contributed by atoms with Gasteiger partial charge in [-0.1, -0.05) is 0 Å². The number of rotatable bonds is 8. The molecule has 0 aliphatic rings. The lowest BCUT2D eigenvalue weighted by Gasteiger charge is -2.17. The first-order valence-electron chi connectivity index (χ1n) is 5.07. The molecular weight excluding hydrogens is 164 g/mol. The van der Waals surface area contributed by atoms with Gasteiger partial charge in [-0.3, -0.25) is 0 Å². The summed E-state index contributed by atoms with van der Waals surface area (Å²) in [7, 11) is 6.37. The summed E-state index contributed by atoms with van der Waals surface area (Å²) in [5, 5.41) is 0. The summed E-state index contributed by atoms with van der Waals surface area (Å²) in [4.78, 5) is 4.54. The van der Waals surface area contributed by atoms with Crippen LogP contribution in [0.5, 0.6) is 0 Å². The van der Waals surface area contributed by atoms with Crippen LogP contribution in [0.1, 0.15) is 13.3 Å². The van der Waals surface area contributed by atoms with Crippen LogP contribution < -0.4 is 0 Å². The molecule has 3 nitrogen and oxygen atoms in total. The first-order chi connectivity index (χ1) is 6.16. The Kier molecular flexibility index (Phi) is 8.40. The van der Waals surface area contributed by atoms with E-state index in [9.17, 15) is 0 Å². The van der Waals surface area contributed by atoms with Crippen LogP contribution in [0.25, 0.3) is 0 Å². The van der Waals surface area contributed by atoms with E-state index in [0.717, 1.165) is 26.3 Å². The highest BCUT2D eigenvalue weighted by molar-refractivity contribution is 4.52. The van der Waals surface area contributed by atoms with Gasteiger partial charge in [0.15, 0.2) is 0 Å². The summed E-state index contributed by atoms with van der Waals surface area (Å²) in [6.07, 6.45) is 1.23. The van der Waals surface area contributed by atoms with Crippen LogP contribution in [-0.2, 0) is 4.74 Å². The second-order valence-corrected chi connectivity index (χ2v) is 3.66. The fourth-order valence-electron chi connectivity index (χ4n) is 1.13. The molecule has 0 bridgehead atoms. The molecule has 0 aromatic heterocycles. The molecule has 0 saturated heterocycles. The molecular formula is C10H24N2O. The predicted octanol–water partition coefficient (Wildman–Crippen LogP) is 0.906. The molecule has 0 aromatic carbocycles. The van der Waals surface area contributed by atoms with Gasteiger partial charge in [0.05, 0.1) is 6.61 Å². The van der Waals surface area contributed by atoms with Crippen molar-refractivity contribution in [2.75, 3.05) is 54.0 Å². The average molecular weight is 188 g/mol. The highest BCUT2D eigenvalue weighted by Gasteiger charge is 1.97. The predicted molar refractivity (Wildman–Crippen MR) is 57.2 cm³/mol. The Labute approximate surface area is 82.7 Å². The Morgan fingerprint density at radius 1 is 1.00 bits per heavy atom. The molecule has 0 aromatic rings. The number of nitrogens with zero attached hydrogens (tertiary/aromatic N) is 2. The average Bonchev–Trinajstić information content (AvgIpc) is 2.04. The summed E-state index contributed by atoms with van der Waals surface area (Å²) in [5.74, 6) is 0. The number of hydrogen-bond acceptors (Lipinski definition) is 3. The van der Waals surface area contributed by atoms with Gasteiger partial charge in [0.25, 0.3) is 0 Å². The normalized spacial score (nSPS) is 11.5. The molecule has 0 heterocycles. The fraction of sp³-hybridized carbons (Fsp3) is 1.00. The summed E-state index contributed by atoms with van der Waals surface area (Å²) < 4.78 is 5.28. The Morgan fingerprint density at radius 2 is 1.69 bits per heavy atom. The van der Waals surface area contributed by atoms with Crippen molar-refractivity contribution in [3.63, 3.8) is 0 Å². The van der Waals surface area contributed by atoms with Crippen molar-refractivity contribution in [3.05, 3.63) is 0 Å². The van der Waals surface area contributed by atoms with Gasteiger partial charge in [-0.05, 0) is 47.6 Å². The monoisotopic (exact) mass is 188 g/mol. The van der Waals surface area contributed by atoms with Crippen LogP contribution >= 0.6 is 0 Å². The highest BCUT2D eigenvalue weighted by Crippen LogP contribution is 1.89. The van der Waals surface area contributed by atoms with Crippen LogP contribution in [0.15, 0.2) is 0 Å². The molecule has 0 rings (SSSR count). The molecule has 0 unspecified atom stereocenters. The van der Waals surface area contributed by atoms with E-state index in [1.807, 2.05) is 6.92 Å². The highest BCUT2D eigenvalue weighted by atomic mass is 16.5. The van der Waals surface area contributed by atoms with E-state index in [0.29, 0.717) is 0 Å². The molecule has 0 amide bonds. The lowest BCUT2D eigenvalue weighted by molar-refractivity contribution is 0.121. The van der Waals surface area contributed by atoms with Crippen molar-refractivity contribution in [2.24, 2.45) is 0 Å². The van der Waals surface area contributed by atoms with Gasteiger partial charge in [-0.25, -0.2) is 0 Å². The molecule has 0 aliphatic carbocycles. The van der Waals surface area contributed by atoms with Crippen LogP contribution in [0.4, 0.5) is 0 Å². The Bertz CT molecular complexity index is 107. The maximum Gasteiger partial charge on any atom is 0.0593 e. The summed E-state index contributed by atoms with van der Waals surface area (Å²) >= 11 is 0. The van der Waals surface area contributed by atoms with Crippen molar-refractivity contribution < 1.29 is 4.74 Å². The summed E-state index contributed by atoms with van der Waals surface area (Å²) in [6.45, 7) is 7.08. The van der Waals surface area contributed by atoms with Crippen molar-refractivity contribution >= 4 is 0 Å². The third-order valence-corrected chi connectivity index (χ3v) is 1.97. The van der Waals surface area contributed by atoms with E-state index in [4.69, 9.17) is 4.74 Å². The van der Waals surface area contributed by atoms with Gasteiger partial charge in [-0.2, -0.15) is 0 Å². The largest absolute Gasteiger partial charge is 0.380 e. The minimum Gasteiger partial charge on any atom is -0.380 e. The first-order valence-corrected chi connectivity index (χ1v) is 5.07. The molecule has 80 valence electrons. The van der Waals surface area contributed by atoms with E-state index >= 15 is 0 Å². The van der Waals surface area contributed by atoms with Gasteiger partial charge >= 0.3 is 0 Å². The second kappa shape index (κ2) is 8.48. The van der Waals surface area contributed by atoms with Crippen molar-refractivity contribution in [1.82, 2.24) is 9.80 Å². The molecule has 0 N–H and O–H groups in total. The topological polar surface area (TPSA) is 15.7 Å². The maximum absolute atomic E-state index is 5.28. The number of ether oxygens (including phenoxy) is 1. The molecule has 0 fully saturated rings. The summed E-state index contributed by atoms with van der Waals surface area (Å²) in [6, 6.07) is 0. The number of likely N-dealkylation sites (N-methyl/N-ethyl adjacent to an activating group) is 1. The zero-order chi connectivity index (χ0) is 10.1. The van der Waals surface area contributed by atoms with Gasteiger partial charge in [0, 0.05) is 13.2 Å². The lowest BCUT2D eigenvalue weighted by Crippen LogP contribution is -2.26. The maximum atomic E-state index is 5.28. The quantitative estimate of drug-likeness (QED) is 0.527. The van der Waals surface area contributed by atoms with Crippen molar-refractivity contribution in [2.45, 2.75) is 13.3 Å². The van der Waals surface area contributed by atoms with Crippen LogP contribution in [0.2, 0.25) is 0 Å². The molecule has 3 heteroatoms. The summed E-state index contributed by atoms with van der Waals surface area (Å²) in [5.41, 5.74) is 0. The Balaban J connectivity index is 3.15. The Hall–Kier alpha value is -0.120. The van der Waals surface area contributed by atoms with Crippen molar-refractivity contribution in [1.29, 1.82) is 0 Å². The van der Waals surface area contributed by atoms with E-state index in [1.165, 1.54) is 13.0 Å². The molecule has 0 aliphatic heterocycles. The van der Waals surface area contributed by atoms with Gasteiger partial charge in [0.1, 0.15) is 0 Å². The third kappa shape index (κ3) is 9.80. The SMILES string of the molecule is CCOCCN(C)CCCN(C)C. The molecule has 0 spiro atoms.